The maximum absolute atomic E-state index is 6.34. The third kappa shape index (κ3) is 3.50. The first-order valence-corrected chi connectivity index (χ1v) is 11.6. The number of fused-ring (bicyclic) bond motifs is 3. The van der Waals surface area contributed by atoms with E-state index in [1.54, 1.807) is 0 Å². The molecule has 2 nitrogen and oxygen atoms in total. The molecule has 4 heteroatoms. The lowest BCUT2D eigenvalue weighted by Crippen LogP contribution is -2.48. The minimum atomic E-state index is 0.308. The topological polar surface area (TPSA) is 12.5 Å². The van der Waals surface area contributed by atoms with E-state index >= 15 is 0 Å². The van der Waals surface area contributed by atoms with Gasteiger partial charge in [-0.05, 0) is 74.7 Å². The molecule has 0 radical (unpaired) electrons. The van der Waals surface area contributed by atoms with Crippen molar-refractivity contribution in [2.75, 3.05) is 18.8 Å². The van der Waals surface area contributed by atoms with E-state index in [1.807, 2.05) is 12.1 Å². The Bertz CT molecular complexity index is 824. The average Bonchev–Trinajstić information content (AvgIpc) is 2.71. The monoisotopic (exact) mass is 399 g/mol. The molecule has 0 aromatic heterocycles. The predicted octanol–water partition coefficient (Wildman–Crippen LogP) is 6.53. The van der Waals surface area contributed by atoms with Crippen molar-refractivity contribution >= 4 is 23.4 Å². The van der Waals surface area contributed by atoms with Gasteiger partial charge in [0.25, 0.3) is 0 Å². The lowest BCUT2D eigenvalue weighted by molar-refractivity contribution is 0.0693. The van der Waals surface area contributed by atoms with E-state index in [1.165, 1.54) is 62.1 Å². The van der Waals surface area contributed by atoms with Crippen molar-refractivity contribution in [2.45, 2.75) is 43.4 Å². The molecule has 0 aliphatic carbocycles. The fourth-order valence-electron chi connectivity index (χ4n) is 5.06. The fourth-order valence-corrected chi connectivity index (χ4v) is 6.81. The fraction of sp³-hybridized carbons (Fsp3) is 0.478. The minimum Gasteiger partial charge on any atom is -0.457 e. The molecule has 0 N–H and O–H groups in total. The molecule has 0 bridgehead atoms. The number of halogens is 1. The van der Waals surface area contributed by atoms with Gasteiger partial charge >= 0.3 is 0 Å². The summed E-state index contributed by atoms with van der Waals surface area (Å²) >= 11 is 8.43. The SMILES string of the molecule is Clc1ccc2c(c1)C(SC[C@@H]1CCCN3CCCC[C@H]13)c1ccccc1O2. The van der Waals surface area contributed by atoms with E-state index in [9.17, 15) is 0 Å². The van der Waals surface area contributed by atoms with Gasteiger partial charge in [-0.2, -0.15) is 0 Å². The highest BCUT2D eigenvalue weighted by Crippen LogP contribution is 2.51. The average molecular weight is 400 g/mol. The highest BCUT2D eigenvalue weighted by atomic mass is 35.5. The Morgan fingerprint density at radius 3 is 2.78 bits per heavy atom. The zero-order valence-corrected chi connectivity index (χ0v) is 17.1. The van der Waals surface area contributed by atoms with Gasteiger partial charge in [0.1, 0.15) is 11.5 Å². The van der Waals surface area contributed by atoms with E-state index in [0.717, 1.165) is 28.5 Å². The number of rotatable bonds is 3. The van der Waals surface area contributed by atoms with Crippen LogP contribution < -0.4 is 4.74 Å². The van der Waals surface area contributed by atoms with Crippen LogP contribution in [0.1, 0.15) is 48.5 Å². The summed E-state index contributed by atoms with van der Waals surface area (Å²) < 4.78 is 6.16. The molecule has 5 rings (SSSR count). The maximum atomic E-state index is 6.34. The lowest BCUT2D eigenvalue weighted by atomic mass is 9.85. The summed E-state index contributed by atoms with van der Waals surface area (Å²) in [7, 11) is 0. The number of piperidine rings is 2. The first kappa shape index (κ1) is 17.9. The van der Waals surface area contributed by atoms with Crippen LogP contribution in [0.4, 0.5) is 0 Å². The lowest BCUT2D eigenvalue weighted by Gasteiger charge is -2.44. The second-order valence-corrected chi connectivity index (χ2v) is 9.61. The molecule has 3 aliphatic rings. The molecule has 2 aromatic carbocycles. The molecule has 2 aromatic rings. The number of hydrogen-bond acceptors (Lipinski definition) is 3. The summed E-state index contributed by atoms with van der Waals surface area (Å²) in [5.41, 5.74) is 2.51. The molecule has 0 saturated carbocycles. The van der Waals surface area contributed by atoms with Crippen LogP contribution in [0.3, 0.4) is 0 Å². The Hall–Kier alpha value is -1.16. The van der Waals surface area contributed by atoms with Gasteiger partial charge < -0.3 is 9.64 Å². The van der Waals surface area contributed by atoms with Gasteiger partial charge in [0, 0.05) is 22.2 Å². The van der Waals surface area contributed by atoms with Crippen molar-refractivity contribution < 1.29 is 4.74 Å². The van der Waals surface area contributed by atoms with Crippen LogP contribution in [0.5, 0.6) is 11.5 Å². The van der Waals surface area contributed by atoms with Crippen molar-refractivity contribution in [3.05, 3.63) is 58.6 Å². The second kappa shape index (κ2) is 7.69. The zero-order valence-electron chi connectivity index (χ0n) is 15.6. The van der Waals surface area contributed by atoms with Gasteiger partial charge in [0.2, 0.25) is 0 Å². The van der Waals surface area contributed by atoms with Crippen molar-refractivity contribution in [1.29, 1.82) is 0 Å². The van der Waals surface area contributed by atoms with Crippen LogP contribution in [0.15, 0.2) is 42.5 Å². The number of ether oxygens (including phenoxy) is 1. The van der Waals surface area contributed by atoms with E-state index in [0.29, 0.717) is 5.25 Å². The Kier molecular flexibility index (Phi) is 5.10. The van der Waals surface area contributed by atoms with E-state index in [-0.39, 0.29) is 0 Å². The molecule has 0 amide bonds. The third-order valence-electron chi connectivity index (χ3n) is 6.38. The van der Waals surface area contributed by atoms with Crippen LogP contribution >= 0.6 is 23.4 Å². The minimum absolute atomic E-state index is 0.308. The summed E-state index contributed by atoms with van der Waals surface area (Å²) in [6, 6.07) is 15.3. The molecule has 0 spiro atoms. The second-order valence-electron chi connectivity index (χ2n) is 8.04. The van der Waals surface area contributed by atoms with Gasteiger partial charge in [-0.25, -0.2) is 0 Å². The van der Waals surface area contributed by atoms with Crippen molar-refractivity contribution in [2.24, 2.45) is 5.92 Å². The Labute approximate surface area is 171 Å². The highest BCUT2D eigenvalue weighted by molar-refractivity contribution is 7.99. The quantitative estimate of drug-likeness (QED) is 0.581. The molecule has 3 atom stereocenters. The van der Waals surface area contributed by atoms with Crippen molar-refractivity contribution in [3.63, 3.8) is 0 Å². The Morgan fingerprint density at radius 1 is 0.963 bits per heavy atom. The summed E-state index contributed by atoms with van der Waals surface area (Å²) in [6.07, 6.45) is 6.91. The smallest absolute Gasteiger partial charge is 0.132 e. The third-order valence-corrected chi connectivity index (χ3v) is 8.08. The molecule has 27 heavy (non-hydrogen) atoms. The van der Waals surface area contributed by atoms with Crippen LogP contribution in [0, 0.1) is 5.92 Å². The number of thioether (sulfide) groups is 1. The van der Waals surface area contributed by atoms with Crippen LogP contribution in [0.25, 0.3) is 0 Å². The van der Waals surface area contributed by atoms with Gasteiger partial charge in [0.05, 0.1) is 5.25 Å². The summed E-state index contributed by atoms with van der Waals surface area (Å²) in [4.78, 5) is 2.76. The number of hydrogen-bond donors (Lipinski definition) is 0. The highest BCUT2D eigenvalue weighted by Gasteiger charge is 2.35. The molecule has 3 heterocycles. The Balaban J connectivity index is 1.40. The summed E-state index contributed by atoms with van der Waals surface area (Å²) in [5, 5.41) is 1.10. The van der Waals surface area contributed by atoms with E-state index in [2.05, 4.69) is 47.0 Å². The van der Waals surface area contributed by atoms with Gasteiger partial charge in [0.15, 0.2) is 0 Å². The maximum Gasteiger partial charge on any atom is 0.132 e. The Morgan fingerprint density at radius 2 is 1.81 bits per heavy atom. The molecule has 2 fully saturated rings. The summed E-state index contributed by atoms with van der Waals surface area (Å²) in [6.45, 7) is 2.62. The van der Waals surface area contributed by atoms with Gasteiger partial charge in [-0.15, -0.1) is 11.8 Å². The summed E-state index contributed by atoms with van der Waals surface area (Å²) in [5.74, 6) is 3.97. The predicted molar refractivity (Wildman–Crippen MR) is 114 cm³/mol. The normalized spacial score (nSPS) is 27.2. The molecule has 2 saturated heterocycles. The van der Waals surface area contributed by atoms with Crippen molar-refractivity contribution in [1.82, 2.24) is 4.90 Å². The van der Waals surface area contributed by atoms with Crippen LogP contribution in [-0.2, 0) is 0 Å². The van der Waals surface area contributed by atoms with Crippen LogP contribution in [0.2, 0.25) is 5.02 Å². The van der Waals surface area contributed by atoms with Crippen molar-refractivity contribution in [3.8, 4) is 11.5 Å². The number of para-hydroxylation sites is 1. The van der Waals surface area contributed by atoms with E-state index in [4.69, 9.17) is 16.3 Å². The van der Waals surface area contributed by atoms with E-state index < -0.39 is 0 Å². The molecule has 142 valence electrons. The van der Waals surface area contributed by atoms with Crippen LogP contribution in [-0.4, -0.2) is 29.8 Å². The number of nitrogens with zero attached hydrogens (tertiary/aromatic N) is 1. The van der Waals surface area contributed by atoms with Gasteiger partial charge in [-0.3, -0.25) is 0 Å². The molecular formula is C23H26ClNOS. The molecule has 1 unspecified atom stereocenters. The van der Waals surface area contributed by atoms with Gasteiger partial charge in [-0.1, -0.05) is 36.2 Å². The molecular weight excluding hydrogens is 374 g/mol. The first-order chi connectivity index (χ1) is 13.3. The first-order valence-electron chi connectivity index (χ1n) is 10.2. The number of benzene rings is 2. The molecule has 3 aliphatic heterocycles. The largest absolute Gasteiger partial charge is 0.457 e. The zero-order chi connectivity index (χ0) is 18.2. The standard InChI is InChI=1S/C23H26ClNOS/c24-17-10-11-22-19(14-17)23(18-7-1-2-9-21(18)26-22)27-15-16-6-5-13-25-12-4-3-8-20(16)25/h1-2,7,9-11,14,16,20,23H,3-6,8,12-13,15H2/t16-,20+,23?/m0/s1.